The van der Waals surface area contributed by atoms with Crippen LogP contribution in [0.25, 0.3) is 0 Å². The summed E-state index contributed by atoms with van der Waals surface area (Å²) in [5, 5.41) is 0. The van der Waals surface area contributed by atoms with Gasteiger partial charge in [-0.25, -0.2) is 0 Å². The fraction of sp³-hybridized carbons (Fsp3) is 0.200. The summed E-state index contributed by atoms with van der Waals surface area (Å²) in [6, 6.07) is 14.4. The van der Waals surface area contributed by atoms with Crippen LogP contribution in [0.2, 0.25) is 0 Å². The predicted molar refractivity (Wildman–Crippen MR) is 69.1 cm³/mol. The van der Waals surface area contributed by atoms with Gasteiger partial charge in [-0.05, 0) is 30.7 Å². The van der Waals surface area contributed by atoms with Crippen molar-refractivity contribution in [2.24, 2.45) is 0 Å². The van der Waals surface area contributed by atoms with Gasteiger partial charge in [-0.2, -0.15) is 0 Å². The van der Waals surface area contributed by atoms with Gasteiger partial charge >= 0.3 is 0 Å². The molecule has 2 nitrogen and oxygen atoms in total. The highest BCUT2D eigenvalue weighted by molar-refractivity contribution is 5.50. The molecule has 86 valence electrons. The van der Waals surface area contributed by atoms with Crippen LogP contribution in [0.3, 0.4) is 0 Å². The first kappa shape index (κ1) is 10.2. The van der Waals surface area contributed by atoms with E-state index < -0.39 is 0 Å². The zero-order valence-corrected chi connectivity index (χ0v) is 9.81. The highest BCUT2D eigenvalue weighted by Gasteiger charge is 2.24. The molecule has 2 aromatic carbocycles. The Hall–Kier alpha value is -1.96. The molecule has 0 bridgehead atoms. The van der Waals surface area contributed by atoms with E-state index in [1.807, 2.05) is 18.2 Å². The highest BCUT2D eigenvalue weighted by Crippen LogP contribution is 2.37. The third-order valence-corrected chi connectivity index (χ3v) is 3.21. The van der Waals surface area contributed by atoms with Crippen LogP contribution in [0, 0.1) is 6.92 Å². The van der Waals surface area contributed by atoms with Crippen molar-refractivity contribution in [1.29, 1.82) is 0 Å². The van der Waals surface area contributed by atoms with Gasteiger partial charge in [-0.15, -0.1) is 0 Å². The van der Waals surface area contributed by atoms with Gasteiger partial charge in [0.15, 0.2) is 0 Å². The monoisotopic (exact) mass is 225 g/mol. The second-order valence-corrected chi connectivity index (χ2v) is 4.59. The first-order chi connectivity index (χ1) is 8.22. The SMILES string of the molecule is Cc1ccc(C2Cc3cc(N)ccc3O2)cc1. The lowest BCUT2D eigenvalue weighted by Crippen LogP contribution is -2.02. The van der Waals surface area contributed by atoms with Crippen molar-refractivity contribution in [3.63, 3.8) is 0 Å². The third kappa shape index (κ3) is 1.86. The van der Waals surface area contributed by atoms with E-state index >= 15 is 0 Å². The quantitative estimate of drug-likeness (QED) is 0.756. The minimum absolute atomic E-state index is 0.132. The lowest BCUT2D eigenvalue weighted by molar-refractivity contribution is 0.238. The number of fused-ring (bicyclic) bond motifs is 1. The largest absolute Gasteiger partial charge is 0.485 e. The molecular weight excluding hydrogens is 210 g/mol. The third-order valence-electron chi connectivity index (χ3n) is 3.21. The maximum absolute atomic E-state index is 5.93. The summed E-state index contributed by atoms with van der Waals surface area (Å²) in [7, 11) is 0. The van der Waals surface area contributed by atoms with Crippen molar-refractivity contribution in [2.45, 2.75) is 19.4 Å². The molecule has 17 heavy (non-hydrogen) atoms. The Morgan fingerprint density at radius 1 is 1.12 bits per heavy atom. The molecule has 0 spiro atoms. The van der Waals surface area contributed by atoms with Crippen molar-refractivity contribution < 1.29 is 4.74 Å². The van der Waals surface area contributed by atoms with Crippen molar-refractivity contribution in [1.82, 2.24) is 0 Å². The molecule has 0 fully saturated rings. The van der Waals surface area contributed by atoms with E-state index in [4.69, 9.17) is 10.5 Å². The van der Waals surface area contributed by atoms with Crippen LogP contribution >= 0.6 is 0 Å². The van der Waals surface area contributed by atoms with Gasteiger partial charge in [0.2, 0.25) is 0 Å². The smallest absolute Gasteiger partial charge is 0.128 e. The molecule has 0 saturated carbocycles. The average molecular weight is 225 g/mol. The molecule has 1 aliphatic rings. The van der Waals surface area contributed by atoms with E-state index in [1.165, 1.54) is 16.7 Å². The molecular formula is C15H15NO. The summed E-state index contributed by atoms with van der Waals surface area (Å²) in [6.45, 7) is 2.09. The Morgan fingerprint density at radius 3 is 2.65 bits per heavy atom. The van der Waals surface area contributed by atoms with E-state index in [2.05, 4.69) is 31.2 Å². The maximum atomic E-state index is 5.93. The lowest BCUT2D eigenvalue weighted by atomic mass is 10.0. The summed E-state index contributed by atoms with van der Waals surface area (Å²) in [5.41, 5.74) is 10.3. The zero-order chi connectivity index (χ0) is 11.8. The second kappa shape index (κ2) is 3.81. The van der Waals surface area contributed by atoms with Gasteiger partial charge in [0, 0.05) is 17.7 Å². The van der Waals surface area contributed by atoms with Crippen LogP contribution in [0.5, 0.6) is 5.75 Å². The number of rotatable bonds is 1. The average Bonchev–Trinajstić information content (AvgIpc) is 2.72. The molecule has 2 heteroatoms. The molecule has 0 amide bonds. The van der Waals surface area contributed by atoms with Gasteiger partial charge in [0.05, 0.1) is 0 Å². The van der Waals surface area contributed by atoms with E-state index in [0.717, 1.165) is 17.9 Å². The molecule has 1 heterocycles. The number of hydrogen-bond acceptors (Lipinski definition) is 2. The summed E-state index contributed by atoms with van der Waals surface area (Å²) < 4.78 is 5.93. The summed E-state index contributed by atoms with van der Waals surface area (Å²) in [4.78, 5) is 0. The Morgan fingerprint density at radius 2 is 1.88 bits per heavy atom. The van der Waals surface area contributed by atoms with Crippen LogP contribution in [0.1, 0.15) is 22.8 Å². The number of nitrogen functional groups attached to an aromatic ring is 1. The molecule has 0 aromatic heterocycles. The number of aryl methyl sites for hydroxylation is 1. The Kier molecular flexibility index (Phi) is 2.29. The van der Waals surface area contributed by atoms with Gasteiger partial charge in [-0.3, -0.25) is 0 Å². The van der Waals surface area contributed by atoms with Gasteiger partial charge < -0.3 is 10.5 Å². The molecule has 2 aromatic rings. The minimum Gasteiger partial charge on any atom is -0.485 e. The Labute approximate surface area is 101 Å². The zero-order valence-electron chi connectivity index (χ0n) is 9.81. The molecule has 0 aliphatic carbocycles. The van der Waals surface area contributed by atoms with Crippen LogP contribution in [-0.2, 0) is 6.42 Å². The Balaban J connectivity index is 1.88. The lowest BCUT2D eigenvalue weighted by Gasteiger charge is -2.10. The number of hydrogen-bond donors (Lipinski definition) is 1. The minimum atomic E-state index is 0.132. The van der Waals surface area contributed by atoms with Crippen molar-refractivity contribution in [2.75, 3.05) is 5.73 Å². The van der Waals surface area contributed by atoms with Gasteiger partial charge in [0.25, 0.3) is 0 Å². The van der Waals surface area contributed by atoms with Crippen LogP contribution in [0.4, 0.5) is 5.69 Å². The van der Waals surface area contributed by atoms with Crippen LogP contribution in [-0.4, -0.2) is 0 Å². The van der Waals surface area contributed by atoms with Gasteiger partial charge in [-0.1, -0.05) is 29.8 Å². The van der Waals surface area contributed by atoms with Crippen LogP contribution in [0.15, 0.2) is 42.5 Å². The highest BCUT2D eigenvalue weighted by atomic mass is 16.5. The molecule has 1 aliphatic heterocycles. The fourth-order valence-corrected chi connectivity index (χ4v) is 2.24. The van der Waals surface area contributed by atoms with Crippen LogP contribution < -0.4 is 10.5 Å². The molecule has 3 rings (SSSR count). The molecule has 2 N–H and O–H groups in total. The number of ether oxygens (including phenoxy) is 1. The number of nitrogens with two attached hydrogens (primary N) is 1. The standard InChI is InChI=1S/C15H15NO/c1-10-2-4-11(5-3-10)15-9-12-8-13(16)6-7-14(12)17-15/h2-8,15H,9,16H2,1H3. The number of benzene rings is 2. The van der Waals surface area contributed by atoms with Crippen molar-refractivity contribution >= 4 is 5.69 Å². The first-order valence-electron chi connectivity index (χ1n) is 5.84. The normalized spacial score (nSPS) is 17.6. The maximum Gasteiger partial charge on any atom is 0.128 e. The fourth-order valence-electron chi connectivity index (χ4n) is 2.24. The van der Waals surface area contributed by atoms with Crippen molar-refractivity contribution in [3.05, 3.63) is 59.2 Å². The predicted octanol–water partition coefficient (Wildman–Crippen LogP) is 3.25. The van der Waals surface area contributed by atoms with E-state index in [-0.39, 0.29) is 6.10 Å². The molecule has 1 atom stereocenters. The second-order valence-electron chi connectivity index (χ2n) is 4.59. The summed E-state index contributed by atoms with van der Waals surface area (Å²) in [5.74, 6) is 0.963. The number of anilines is 1. The Bertz CT molecular complexity index is 545. The first-order valence-corrected chi connectivity index (χ1v) is 5.84. The van der Waals surface area contributed by atoms with E-state index in [1.54, 1.807) is 0 Å². The molecule has 0 radical (unpaired) electrons. The van der Waals surface area contributed by atoms with Crippen molar-refractivity contribution in [3.8, 4) is 5.75 Å². The summed E-state index contributed by atoms with van der Waals surface area (Å²) in [6.07, 6.45) is 1.04. The molecule has 0 saturated heterocycles. The van der Waals surface area contributed by atoms with Gasteiger partial charge in [0.1, 0.15) is 11.9 Å². The summed E-state index contributed by atoms with van der Waals surface area (Å²) >= 11 is 0. The van der Waals surface area contributed by atoms with E-state index in [9.17, 15) is 0 Å². The molecule has 1 unspecified atom stereocenters. The van der Waals surface area contributed by atoms with E-state index in [0.29, 0.717) is 0 Å². The topological polar surface area (TPSA) is 35.2 Å².